The van der Waals surface area contributed by atoms with E-state index in [2.05, 4.69) is 20.1 Å². The molecule has 0 N–H and O–H groups in total. The first-order chi connectivity index (χ1) is 9.72. The fourth-order valence-electron chi connectivity index (χ4n) is 1.72. The summed E-state index contributed by atoms with van der Waals surface area (Å²) in [5, 5.41) is 4.20. The molecule has 102 valence electrons. The molecule has 0 aromatic carbocycles. The molecule has 0 aliphatic heterocycles. The van der Waals surface area contributed by atoms with E-state index >= 15 is 0 Å². The third-order valence-electron chi connectivity index (χ3n) is 2.64. The van der Waals surface area contributed by atoms with Crippen LogP contribution in [0.25, 0.3) is 5.95 Å². The standard InChI is InChI=1S/C12H11ClN6O/c1-18(7-9-3-6-20-8-9)11-15-10(13)16-12(17-11)19-5-2-4-14-19/h2-6,8H,7H2,1H3. The van der Waals surface area contributed by atoms with Gasteiger partial charge in [-0.3, -0.25) is 0 Å². The van der Waals surface area contributed by atoms with Gasteiger partial charge in [-0.2, -0.15) is 20.1 Å². The number of nitrogens with zero attached hydrogens (tertiary/aromatic N) is 6. The van der Waals surface area contributed by atoms with E-state index < -0.39 is 0 Å². The molecule has 0 atom stereocenters. The summed E-state index contributed by atoms with van der Waals surface area (Å²) in [5.41, 5.74) is 1.02. The molecule has 0 spiro atoms. The maximum Gasteiger partial charge on any atom is 0.256 e. The van der Waals surface area contributed by atoms with Crippen LogP contribution < -0.4 is 4.90 Å². The van der Waals surface area contributed by atoms with Crippen LogP contribution in [0.3, 0.4) is 0 Å². The van der Waals surface area contributed by atoms with Gasteiger partial charge in [0.1, 0.15) is 0 Å². The smallest absolute Gasteiger partial charge is 0.256 e. The fraction of sp³-hybridized carbons (Fsp3) is 0.167. The number of aromatic nitrogens is 5. The second-order valence-electron chi connectivity index (χ2n) is 4.14. The number of halogens is 1. The van der Waals surface area contributed by atoms with E-state index in [0.717, 1.165) is 5.56 Å². The summed E-state index contributed by atoms with van der Waals surface area (Å²) in [6.45, 7) is 0.607. The minimum absolute atomic E-state index is 0.125. The Balaban J connectivity index is 1.89. The lowest BCUT2D eigenvalue weighted by Gasteiger charge is -2.16. The van der Waals surface area contributed by atoms with Crippen LogP contribution in [0.1, 0.15) is 5.56 Å². The number of hydrogen-bond donors (Lipinski definition) is 0. The highest BCUT2D eigenvalue weighted by molar-refractivity contribution is 6.28. The number of furan rings is 1. The summed E-state index contributed by atoms with van der Waals surface area (Å²) in [6, 6.07) is 3.67. The summed E-state index contributed by atoms with van der Waals surface area (Å²) in [7, 11) is 1.87. The Labute approximate surface area is 119 Å². The second-order valence-corrected chi connectivity index (χ2v) is 4.48. The molecule has 0 unspecified atom stereocenters. The van der Waals surface area contributed by atoms with Crippen LogP contribution in [0.15, 0.2) is 41.5 Å². The molecule has 0 bridgehead atoms. The maximum absolute atomic E-state index is 5.94. The Morgan fingerprint density at radius 3 is 2.95 bits per heavy atom. The van der Waals surface area contributed by atoms with Crippen LogP contribution in [-0.4, -0.2) is 31.8 Å². The van der Waals surface area contributed by atoms with E-state index in [-0.39, 0.29) is 5.28 Å². The molecule has 3 aromatic rings. The summed E-state index contributed by atoms with van der Waals surface area (Å²) < 4.78 is 6.57. The first kappa shape index (κ1) is 12.6. The second kappa shape index (κ2) is 5.30. The largest absolute Gasteiger partial charge is 0.472 e. The summed E-state index contributed by atoms with van der Waals surface area (Å²) in [6.07, 6.45) is 6.69. The average molecular weight is 291 g/mol. The van der Waals surface area contributed by atoms with Crippen molar-refractivity contribution in [1.82, 2.24) is 24.7 Å². The van der Waals surface area contributed by atoms with Gasteiger partial charge in [-0.25, -0.2) is 4.68 Å². The zero-order chi connectivity index (χ0) is 13.9. The molecule has 3 heterocycles. The number of hydrogen-bond acceptors (Lipinski definition) is 6. The van der Waals surface area contributed by atoms with E-state index in [0.29, 0.717) is 18.4 Å². The van der Waals surface area contributed by atoms with Crippen molar-refractivity contribution in [3.8, 4) is 5.95 Å². The van der Waals surface area contributed by atoms with Crippen LogP contribution in [0.5, 0.6) is 0 Å². The van der Waals surface area contributed by atoms with Crippen molar-refractivity contribution in [2.45, 2.75) is 6.54 Å². The van der Waals surface area contributed by atoms with Gasteiger partial charge in [0.05, 0.1) is 12.5 Å². The van der Waals surface area contributed by atoms with E-state index in [1.54, 1.807) is 31.0 Å². The topological polar surface area (TPSA) is 72.9 Å². The quantitative estimate of drug-likeness (QED) is 0.731. The fourth-order valence-corrected chi connectivity index (χ4v) is 1.87. The normalized spacial score (nSPS) is 10.7. The van der Waals surface area contributed by atoms with Gasteiger partial charge in [0.2, 0.25) is 11.2 Å². The highest BCUT2D eigenvalue weighted by Crippen LogP contribution is 2.14. The van der Waals surface area contributed by atoms with Crippen LogP contribution >= 0.6 is 11.6 Å². The Morgan fingerprint density at radius 2 is 2.25 bits per heavy atom. The molecule has 8 heteroatoms. The molecule has 20 heavy (non-hydrogen) atoms. The van der Waals surface area contributed by atoms with Crippen LogP contribution in [0.4, 0.5) is 5.95 Å². The monoisotopic (exact) mass is 290 g/mol. The summed E-state index contributed by atoms with van der Waals surface area (Å²) >= 11 is 5.94. The highest BCUT2D eigenvalue weighted by Gasteiger charge is 2.11. The first-order valence-corrected chi connectivity index (χ1v) is 6.24. The molecular weight excluding hydrogens is 280 g/mol. The third-order valence-corrected chi connectivity index (χ3v) is 2.80. The average Bonchev–Trinajstić information content (AvgIpc) is 3.11. The van der Waals surface area contributed by atoms with Crippen molar-refractivity contribution in [3.63, 3.8) is 0 Å². The zero-order valence-electron chi connectivity index (χ0n) is 10.6. The molecule has 0 amide bonds. The molecule has 0 saturated heterocycles. The maximum atomic E-state index is 5.94. The Bertz CT molecular complexity index is 682. The lowest BCUT2D eigenvalue weighted by atomic mass is 10.3. The van der Waals surface area contributed by atoms with Gasteiger partial charge in [0, 0.05) is 31.5 Å². The number of rotatable bonds is 4. The highest BCUT2D eigenvalue weighted by atomic mass is 35.5. The van der Waals surface area contributed by atoms with Crippen molar-refractivity contribution in [3.05, 3.63) is 47.9 Å². The van der Waals surface area contributed by atoms with Gasteiger partial charge in [-0.05, 0) is 23.7 Å². The minimum atomic E-state index is 0.125. The molecule has 0 saturated carbocycles. The van der Waals surface area contributed by atoms with Gasteiger partial charge in [0.25, 0.3) is 5.95 Å². The first-order valence-electron chi connectivity index (χ1n) is 5.86. The van der Waals surface area contributed by atoms with Crippen LogP contribution in [0, 0.1) is 0 Å². The Hall–Kier alpha value is -2.41. The van der Waals surface area contributed by atoms with E-state index in [4.69, 9.17) is 16.0 Å². The van der Waals surface area contributed by atoms with Gasteiger partial charge in [0.15, 0.2) is 0 Å². The van der Waals surface area contributed by atoms with E-state index in [1.165, 1.54) is 4.68 Å². The molecular formula is C12H11ClN6O. The molecule has 0 aliphatic rings. The lowest BCUT2D eigenvalue weighted by Crippen LogP contribution is -2.20. The van der Waals surface area contributed by atoms with Crippen LogP contribution in [0.2, 0.25) is 5.28 Å². The Kier molecular flexibility index (Phi) is 3.34. The van der Waals surface area contributed by atoms with Gasteiger partial charge in [-0.1, -0.05) is 0 Å². The molecule has 0 aliphatic carbocycles. The van der Waals surface area contributed by atoms with Crippen molar-refractivity contribution in [2.24, 2.45) is 0 Å². The molecule has 7 nitrogen and oxygen atoms in total. The molecule has 3 rings (SSSR count). The van der Waals surface area contributed by atoms with E-state index in [1.807, 2.05) is 18.0 Å². The number of anilines is 1. The third kappa shape index (κ3) is 2.62. The van der Waals surface area contributed by atoms with Gasteiger partial charge in [-0.15, -0.1) is 0 Å². The lowest BCUT2D eigenvalue weighted by molar-refractivity contribution is 0.563. The summed E-state index contributed by atoms with van der Waals surface area (Å²) in [5.74, 6) is 0.848. The van der Waals surface area contributed by atoms with Crippen molar-refractivity contribution < 1.29 is 4.42 Å². The zero-order valence-corrected chi connectivity index (χ0v) is 11.4. The summed E-state index contributed by atoms with van der Waals surface area (Å²) in [4.78, 5) is 14.4. The predicted molar refractivity (Wildman–Crippen MR) is 72.8 cm³/mol. The van der Waals surface area contributed by atoms with Crippen molar-refractivity contribution >= 4 is 17.5 Å². The minimum Gasteiger partial charge on any atom is -0.472 e. The molecule has 0 fully saturated rings. The van der Waals surface area contributed by atoms with Crippen molar-refractivity contribution in [1.29, 1.82) is 0 Å². The van der Waals surface area contributed by atoms with Crippen LogP contribution in [-0.2, 0) is 6.54 Å². The van der Waals surface area contributed by atoms with Gasteiger partial charge >= 0.3 is 0 Å². The SMILES string of the molecule is CN(Cc1ccoc1)c1nc(Cl)nc(-n2cccn2)n1. The Morgan fingerprint density at radius 1 is 1.35 bits per heavy atom. The van der Waals surface area contributed by atoms with Gasteiger partial charge < -0.3 is 9.32 Å². The van der Waals surface area contributed by atoms with E-state index in [9.17, 15) is 0 Å². The molecule has 3 aromatic heterocycles. The predicted octanol–water partition coefficient (Wildman–Crippen LogP) is 1.94. The van der Waals surface area contributed by atoms with Crippen molar-refractivity contribution in [2.75, 3.05) is 11.9 Å². The molecule has 0 radical (unpaired) electrons.